The van der Waals surface area contributed by atoms with Crippen molar-refractivity contribution in [3.63, 3.8) is 0 Å². The molecule has 1 aliphatic rings. The van der Waals surface area contributed by atoms with Crippen LogP contribution in [-0.2, 0) is 16.1 Å². The molecule has 140 valence electrons. The summed E-state index contributed by atoms with van der Waals surface area (Å²) in [7, 11) is 1.58. The second-order valence-corrected chi connectivity index (χ2v) is 6.81. The Bertz CT molecular complexity index is 850. The van der Waals surface area contributed by atoms with Gasteiger partial charge >= 0.3 is 0 Å². The van der Waals surface area contributed by atoms with Gasteiger partial charge in [-0.1, -0.05) is 23.7 Å². The fourth-order valence-electron chi connectivity index (χ4n) is 3.01. The predicted octanol–water partition coefficient (Wildman–Crippen LogP) is 2.37. The number of hydrogen-bond donors (Lipinski definition) is 2. The highest BCUT2D eigenvalue weighted by molar-refractivity contribution is 6.30. The number of rotatable bonds is 5. The zero-order valence-corrected chi connectivity index (χ0v) is 15.6. The lowest BCUT2D eigenvalue weighted by molar-refractivity contribution is -0.126. The largest absolute Gasteiger partial charge is 0.355 e. The lowest BCUT2D eigenvalue weighted by atomic mass is 10.1. The number of hydrogen-bond acceptors (Lipinski definition) is 3. The first-order valence-electron chi connectivity index (χ1n) is 8.62. The first kappa shape index (κ1) is 18.9. The molecule has 3 amide bonds. The van der Waals surface area contributed by atoms with Crippen molar-refractivity contribution in [1.82, 2.24) is 10.6 Å². The maximum atomic E-state index is 12.4. The molecule has 7 heteroatoms. The molecule has 2 aromatic carbocycles. The minimum Gasteiger partial charge on any atom is -0.355 e. The van der Waals surface area contributed by atoms with E-state index in [-0.39, 0.29) is 24.1 Å². The topological polar surface area (TPSA) is 78.5 Å². The molecule has 1 saturated heterocycles. The van der Waals surface area contributed by atoms with Crippen molar-refractivity contribution in [1.29, 1.82) is 0 Å². The lowest BCUT2D eigenvalue weighted by Gasteiger charge is -2.16. The first-order valence-corrected chi connectivity index (χ1v) is 9.00. The Hall–Kier alpha value is -2.86. The SMILES string of the molecule is CNC(=O)c1ccc(CNC(=O)C2CC(=O)N(c3ccc(Cl)cc3)C2)cc1. The molecular weight excluding hydrogens is 366 g/mol. The summed E-state index contributed by atoms with van der Waals surface area (Å²) in [6, 6.07) is 14.0. The van der Waals surface area contributed by atoms with Gasteiger partial charge < -0.3 is 15.5 Å². The second-order valence-electron chi connectivity index (χ2n) is 6.38. The fourth-order valence-corrected chi connectivity index (χ4v) is 3.13. The summed E-state index contributed by atoms with van der Waals surface area (Å²) in [5, 5.41) is 6.03. The molecule has 0 bridgehead atoms. The quantitative estimate of drug-likeness (QED) is 0.829. The Balaban J connectivity index is 1.56. The molecule has 1 aliphatic heterocycles. The van der Waals surface area contributed by atoms with Gasteiger partial charge in [0.2, 0.25) is 11.8 Å². The molecule has 1 fully saturated rings. The molecule has 27 heavy (non-hydrogen) atoms. The summed E-state index contributed by atoms with van der Waals surface area (Å²) in [4.78, 5) is 37.8. The Morgan fingerprint density at radius 2 is 1.78 bits per heavy atom. The van der Waals surface area contributed by atoms with Crippen molar-refractivity contribution in [2.45, 2.75) is 13.0 Å². The standard InChI is InChI=1S/C20H20ClN3O3/c1-22-19(26)14-4-2-13(3-5-14)11-23-20(27)15-10-18(25)24(12-15)17-8-6-16(21)7-9-17/h2-9,15H,10-12H2,1H3,(H,22,26)(H,23,27). The fraction of sp³-hybridized carbons (Fsp3) is 0.250. The van der Waals surface area contributed by atoms with E-state index >= 15 is 0 Å². The number of amides is 3. The van der Waals surface area contributed by atoms with Crippen LogP contribution < -0.4 is 15.5 Å². The van der Waals surface area contributed by atoms with Crippen LogP contribution in [0.15, 0.2) is 48.5 Å². The third-order valence-corrected chi connectivity index (χ3v) is 4.80. The van der Waals surface area contributed by atoms with Crippen LogP contribution in [0.5, 0.6) is 0 Å². The second kappa shape index (κ2) is 8.22. The van der Waals surface area contributed by atoms with E-state index in [0.29, 0.717) is 23.7 Å². The molecule has 0 radical (unpaired) electrons. The third kappa shape index (κ3) is 4.46. The molecule has 1 heterocycles. The van der Waals surface area contributed by atoms with Crippen LogP contribution in [0.2, 0.25) is 5.02 Å². The number of nitrogens with zero attached hydrogens (tertiary/aromatic N) is 1. The molecule has 2 N–H and O–H groups in total. The van der Waals surface area contributed by atoms with E-state index in [9.17, 15) is 14.4 Å². The Morgan fingerprint density at radius 3 is 2.41 bits per heavy atom. The Labute approximate surface area is 162 Å². The van der Waals surface area contributed by atoms with Crippen molar-refractivity contribution < 1.29 is 14.4 Å². The molecule has 0 aliphatic carbocycles. The number of carbonyl (C=O) groups is 3. The van der Waals surface area contributed by atoms with Gasteiger partial charge in [-0.05, 0) is 42.0 Å². The Kier molecular flexibility index (Phi) is 5.76. The van der Waals surface area contributed by atoms with Crippen molar-refractivity contribution in [2.24, 2.45) is 5.92 Å². The number of nitrogens with one attached hydrogen (secondary N) is 2. The summed E-state index contributed by atoms with van der Waals surface area (Å²) in [5.74, 6) is -0.779. The lowest BCUT2D eigenvalue weighted by Crippen LogP contribution is -2.32. The Morgan fingerprint density at radius 1 is 1.11 bits per heavy atom. The van der Waals surface area contributed by atoms with Crippen LogP contribution >= 0.6 is 11.6 Å². The van der Waals surface area contributed by atoms with Gasteiger partial charge in [0.25, 0.3) is 5.91 Å². The van der Waals surface area contributed by atoms with Crippen molar-refractivity contribution in [3.05, 3.63) is 64.7 Å². The van der Waals surface area contributed by atoms with Gasteiger partial charge in [-0.25, -0.2) is 0 Å². The van der Waals surface area contributed by atoms with E-state index in [0.717, 1.165) is 11.3 Å². The van der Waals surface area contributed by atoms with Crippen LogP contribution in [0, 0.1) is 5.92 Å². The molecule has 1 unspecified atom stereocenters. The van der Waals surface area contributed by atoms with Crippen LogP contribution in [-0.4, -0.2) is 31.3 Å². The van der Waals surface area contributed by atoms with E-state index in [2.05, 4.69) is 10.6 Å². The molecule has 0 saturated carbocycles. The van der Waals surface area contributed by atoms with Gasteiger partial charge in [-0.2, -0.15) is 0 Å². The minimum absolute atomic E-state index is 0.0765. The highest BCUT2D eigenvalue weighted by Crippen LogP contribution is 2.26. The minimum atomic E-state index is -0.390. The zero-order chi connectivity index (χ0) is 19.4. The van der Waals surface area contributed by atoms with Gasteiger partial charge in [0.1, 0.15) is 0 Å². The van der Waals surface area contributed by atoms with Gasteiger partial charge in [0, 0.05) is 42.8 Å². The number of carbonyl (C=O) groups excluding carboxylic acids is 3. The summed E-state index contributed by atoms with van der Waals surface area (Å²) in [5.41, 5.74) is 2.19. The van der Waals surface area contributed by atoms with Crippen molar-refractivity contribution in [3.8, 4) is 0 Å². The molecule has 0 aromatic heterocycles. The van der Waals surface area contributed by atoms with Crippen molar-refractivity contribution in [2.75, 3.05) is 18.5 Å². The molecule has 1 atom stereocenters. The van der Waals surface area contributed by atoms with Crippen molar-refractivity contribution >= 4 is 35.0 Å². The van der Waals surface area contributed by atoms with E-state index in [1.807, 2.05) is 0 Å². The highest BCUT2D eigenvalue weighted by Gasteiger charge is 2.34. The summed E-state index contributed by atoms with van der Waals surface area (Å²) in [6.45, 7) is 0.695. The van der Waals surface area contributed by atoms with Crippen LogP contribution in [0.4, 0.5) is 5.69 Å². The summed E-state index contributed by atoms with van der Waals surface area (Å²) in [6.07, 6.45) is 0.185. The monoisotopic (exact) mass is 385 g/mol. The zero-order valence-electron chi connectivity index (χ0n) is 14.9. The maximum Gasteiger partial charge on any atom is 0.251 e. The van der Waals surface area contributed by atoms with E-state index in [1.54, 1.807) is 60.5 Å². The molecule has 2 aromatic rings. The van der Waals surface area contributed by atoms with Crippen LogP contribution in [0.25, 0.3) is 0 Å². The molecule has 3 rings (SSSR count). The number of benzene rings is 2. The first-order chi connectivity index (χ1) is 13.0. The smallest absolute Gasteiger partial charge is 0.251 e. The molecule has 6 nitrogen and oxygen atoms in total. The maximum absolute atomic E-state index is 12.4. The van der Waals surface area contributed by atoms with E-state index < -0.39 is 5.92 Å². The van der Waals surface area contributed by atoms with Gasteiger partial charge in [0.15, 0.2) is 0 Å². The highest BCUT2D eigenvalue weighted by atomic mass is 35.5. The average Bonchev–Trinajstić information content (AvgIpc) is 3.08. The molecular formula is C20H20ClN3O3. The third-order valence-electron chi connectivity index (χ3n) is 4.54. The summed E-state index contributed by atoms with van der Waals surface area (Å²) < 4.78 is 0. The van der Waals surface area contributed by atoms with Gasteiger partial charge in [-0.3, -0.25) is 14.4 Å². The number of halogens is 1. The van der Waals surface area contributed by atoms with Gasteiger partial charge in [0.05, 0.1) is 5.92 Å². The predicted molar refractivity (Wildman–Crippen MR) is 104 cm³/mol. The van der Waals surface area contributed by atoms with Crippen LogP contribution in [0.3, 0.4) is 0 Å². The van der Waals surface area contributed by atoms with Crippen LogP contribution in [0.1, 0.15) is 22.3 Å². The number of anilines is 1. The van der Waals surface area contributed by atoms with E-state index in [1.165, 1.54) is 0 Å². The molecule has 0 spiro atoms. The summed E-state index contributed by atoms with van der Waals surface area (Å²) >= 11 is 5.88. The van der Waals surface area contributed by atoms with E-state index in [4.69, 9.17) is 11.6 Å². The normalized spacial score (nSPS) is 16.3. The average molecular weight is 386 g/mol. The van der Waals surface area contributed by atoms with Gasteiger partial charge in [-0.15, -0.1) is 0 Å².